The molecule has 1 aliphatic rings. The van der Waals surface area contributed by atoms with Crippen molar-refractivity contribution in [2.75, 3.05) is 6.54 Å². The Morgan fingerprint density at radius 3 is 2.52 bits per heavy atom. The van der Waals surface area contributed by atoms with Crippen LogP contribution in [0.5, 0.6) is 0 Å². The van der Waals surface area contributed by atoms with E-state index in [2.05, 4.69) is 4.98 Å². The van der Waals surface area contributed by atoms with Crippen LogP contribution in [0.4, 0.5) is 0 Å². The molecule has 1 saturated heterocycles. The number of nitrogens with zero attached hydrogens (tertiary/aromatic N) is 2. The summed E-state index contributed by atoms with van der Waals surface area (Å²) in [4.78, 5) is 4.83. The number of hydrogen-bond donors (Lipinski definition) is 0. The van der Waals surface area contributed by atoms with E-state index in [-0.39, 0.29) is 6.04 Å². The van der Waals surface area contributed by atoms with Crippen molar-refractivity contribution in [1.82, 2.24) is 9.29 Å². The number of hydrogen-bond acceptors (Lipinski definition) is 3. The third kappa shape index (κ3) is 3.16. The molecule has 1 aromatic carbocycles. The van der Waals surface area contributed by atoms with Crippen molar-refractivity contribution < 1.29 is 8.42 Å². The summed E-state index contributed by atoms with van der Waals surface area (Å²) in [7, 11) is -3.50. The van der Waals surface area contributed by atoms with E-state index in [9.17, 15) is 8.42 Å². The van der Waals surface area contributed by atoms with Crippen LogP contribution in [0.15, 0.2) is 47.5 Å². The Morgan fingerprint density at radius 2 is 1.83 bits per heavy atom. The first-order valence-electron chi connectivity index (χ1n) is 8.00. The highest BCUT2D eigenvalue weighted by molar-refractivity contribution is 7.89. The van der Waals surface area contributed by atoms with E-state index in [4.69, 9.17) is 0 Å². The Hall–Kier alpha value is -1.72. The van der Waals surface area contributed by atoms with Crippen molar-refractivity contribution in [2.24, 2.45) is 0 Å². The Bertz CT molecular complexity index is 785. The monoisotopic (exact) mass is 330 g/mol. The zero-order chi connectivity index (χ0) is 16.4. The zero-order valence-corrected chi connectivity index (χ0v) is 14.4. The van der Waals surface area contributed by atoms with Crippen LogP contribution >= 0.6 is 0 Å². The molecule has 23 heavy (non-hydrogen) atoms. The molecule has 0 bridgehead atoms. The van der Waals surface area contributed by atoms with E-state index >= 15 is 0 Å². The summed E-state index contributed by atoms with van der Waals surface area (Å²) in [5.74, 6) is 0. The number of aryl methyl sites for hydroxylation is 2. The lowest BCUT2D eigenvalue weighted by Gasteiger charge is -2.35. The van der Waals surface area contributed by atoms with E-state index in [1.165, 1.54) is 0 Å². The summed E-state index contributed by atoms with van der Waals surface area (Å²) in [6.45, 7) is 4.50. The molecule has 2 aromatic rings. The van der Waals surface area contributed by atoms with Crippen LogP contribution in [0, 0.1) is 13.8 Å². The lowest BCUT2D eigenvalue weighted by atomic mass is 9.99. The lowest BCUT2D eigenvalue weighted by molar-refractivity contribution is 0.250. The molecule has 0 radical (unpaired) electrons. The number of pyridine rings is 1. The van der Waals surface area contributed by atoms with Gasteiger partial charge < -0.3 is 0 Å². The zero-order valence-electron chi connectivity index (χ0n) is 13.6. The van der Waals surface area contributed by atoms with Gasteiger partial charge in [-0.15, -0.1) is 0 Å². The molecule has 1 aromatic heterocycles. The van der Waals surface area contributed by atoms with Gasteiger partial charge in [0.05, 0.1) is 16.6 Å². The minimum absolute atomic E-state index is 0.170. The number of sulfonamides is 1. The normalized spacial score (nSPS) is 19.7. The predicted molar refractivity (Wildman–Crippen MR) is 90.6 cm³/mol. The summed E-state index contributed by atoms with van der Waals surface area (Å²) in [5, 5.41) is 0. The molecule has 1 fully saturated rings. The fourth-order valence-electron chi connectivity index (χ4n) is 3.16. The van der Waals surface area contributed by atoms with Gasteiger partial charge in [0.1, 0.15) is 0 Å². The molecule has 1 atom stereocenters. The number of aromatic nitrogens is 1. The third-order valence-electron chi connectivity index (χ3n) is 4.45. The Labute approximate surface area is 138 Å². The largest absolute Gasteiger partial charge is 0.259 e. The molecule has 1 aliphatic heterocycles. The van der Waals surface area contributed by atoms with E-state index < -0.39 is 10.0 Å². The molecular formula is C18H22N2O2S. The van der Waals surface area contributed by atoms with Crippen molar-refractivity contribution in [2.45, 2.75) is 44.0 Å². The van der Waals surface area contributed by atoms with Crippen LogP contribution in [-0.4, -0.2) is 24.3 Å². The van der Waals surface area contributed by atoms with Gasteiger partial charge in [-0.1, -0.05) is 30.2 Å². The molecule has 3 rings (SSSR count). The van der Waals surface area contributed by atoms with Crippen LogP contribution in [0.2, 0.25) is 0 Å². The van der Waals surface area contributed by atoms with Gasteiger partial charge in [-0.05, 0) is 50.5 Å². The first-order valence-corrected chi connectivity index (χ1v) is 9.44. The highest BCUT2D eigenvalue weighted by Crippen LogP contribution is 2.35. The fourth-order valence-corrected chi connectivity index (χ4v) is 4.82. The average Bonchev–Trinajstić information content (AvgIpc) is 2.56. The average molecular weight is 330 g/mol. The summed E-state index contributed by atoms with van der Waals surface area (Å²) in [5.41, 5.74) is 2.98. The summed E-state index contributed by atoms with van der Waals surface area (Å²) in [6, 6.07) is 10.8. The summed E-state index contributed by atoms with van der Waals surface area (Å²) in [6.07, 6.45) is 4.49. The van der Waals surface area contributed by atoms with Crippen molar-refractivity contribution in [1.29, 1.82) is 0 Å². The first-order chi connectivity index (χ1) is 11.0. The van der Waals surface area contributed by atoms with Gasteiger partial charge >= 0.3 is 0 Å². The van der Waals surface area contributed by atoms with Crippen molar-refractivity contribution in [3.8, 4) is 0 Å². The van der Waals surface area contributed by atoms with Crippen LogP contribution in [-0.2, 0) is 10.0 Å². The van der Waals surface area contributed by atoms with E-state index in [0.717, 1.165) is 36.1 Å². The van der Waals surface area contributed by atoms with E-state index in [1.54, 1.807) is 22.6 Å². The van der Waals surface area contributed by atoms with Gasteiger partial charge in [-0.25, -0.2) is 8.42 Å². The fraction of sp³-hybridized carbons (Fsp3) is 0.389. The van der Waals surface area contributed by atoms with Gasteiger partial charge in [-0.2, -0.15) is 4.31 Å². The molecule has 0 saturated carbocycles. The summed E-state index contributed by atoms with van der Waals surface area (Å²) >= 11 is 0. The smallest absolute Gasteiger partial charge is 0.243 e. The maximum Gasteiger partial charge on any atom is 0.243 e. The van der Waals surface area contributed by atoms with Gasteiger partial charge in [0.15, 0.2) is 0 Å². The Kier molecular flexibility index (Phi) is 4.50. The maximum atomic E-state index is 13.1. The second kappa shape index (κ2) is 6.42. The second-order valence-electron chi connectivity index (χ2n) is 6.15. The van der Waals surface area contributed by atoms with Crippen molar-refractivity contribution in [3.05, 3.63) is 59.4 Å². The molecule has 0 spiro atoms. The van der Waals surface area contributed by atoms with Gasteiger partial charge in [0, 0.05) is 12.7 Å². The minimum atomic E-state index is -3.50. The molecule has 0 unspecified atom stereocenters. The standard InChI is InChI=1S/C18H22N2O2S/c1-14-8-10-16(11-9-14)23(21,22)20-13-4-3-7-17(20)18-15(2)6-5-12-19-18/h5-6,8-12,17H,3-4,7,13H2,1-2H3/t17-/m1/s1. The van der Waals surface area contributed by atoms with Crippen molar-refractivity contribution >= 4 is 10.0 Å². The van der Waals surface area contributed by atoms with Crippen LogP contribution in [0.25, 0.3) is 0 Å². The lowest BCUT2D eigenvalue weighted by Crippen LogP contribution is -2.39. The molecule has 0 aliphatic carbocycles. The maximum absolute atomic E-state index is 13.1. The molecule has 0 amide bonds. The Balaban J connectivity index is 2.01. The number of benzene rings is 1. The summed E-state index contributed by atoms with van der Waals surface area (Å²) < 4.78 is 27.8. The second-order valence-corrected chi connectivity index (χ2v) is 8.04. The van der Waals surface area contributed by atoms with E-state index in [1.807, 2.05) is 38.1 Å². The SMILES string of the molecule is Cc1ccc(S(=O)(=O)N2CCCC[C@@H]2c2ncccc2C)cc1. The molecular weight excluding hydrogens is 308 g/mol. The minimum Gasteiger partial charge on any atom is -0.259 e. The molecule has 5 heteroatoms. The highest BCUT2D eigenvalue weighted by Gasteiger charge is 2.35. The van der Waals surface area contributed by atoms with Crippen LogP contribution in [0.3, 0.4) is 0 Å². The highest BCUT2D eigenvalue weighted by atomic mass is 32.2. The van der Waals surface area contributed by atoms with Gasteiger partial charge in [-0.3, -0.25) is 4.98 Å². The van der Waals surface area contributed by atoms with Crippen LogP contribution < -0.4 is 0 Å². The van der Waals surface area contributed by atoms with Crippen molar-refractivity contribution in [3.63, 3.8) is 0 Å². The molecule has 4 nitrogen and oxygen atoms in total. The Morgan fingerprint density at radius 1 is 1.09 bits per heavy atom. The van der Waals surface area contributed by atoms with Crippen LogP contribution in [0.1, 0.15) is 42.1 Å². The molecule has 0 N–H and O–H groups in total. The van der Waals surface area contributed by atoms with Gasteiger partial charge in [0.2, 0.25) is 10.0 Å². The van der Waals surface area contributed by atoms with Gasteiger partial charge in [0.25, 0.3) is 0 Å². The third-order valence-corrected chi connectivity index (χ3v) is 6.37. The number of piperidine rings is 1. The quantitative estimate of drug-likeness (QED) is 0.864. The first kappa shape index (κ1) is 16.1. The number of rotatable bonds is 3. The predicted octanol–water partition coefficient (Wildman–Crippen LogP) is 3.61. The molecule has 2 heterocycles. The molecule has 122 valence electrons. The van der Waals surface area contributed by atoms with E-state index in [0.29, 0.717) is 11.4 Å². The topological polar surface area (TPSA) is 50.3 Å².